The number of ether oxygens (including phenoxy) is 1. The number of urea groups is 1. The molecule has 1 aliphatic carbocycles. The summed E-state index contributed by atoms with van der Waals surface area (Å²) in [4.78, 5) is 18.9. The maximum absolute atomic E-state index is 12.8. The van der Waals surface area contributed by atoms with Gasteiger partial charge in [-0.05, 0) is 18.9 Å². The SMILES string of the molecule is COc1ccccc1C(NC(=O)N(CCO)C1CC1)c1nccn1C. The van der Waals surface area contributed by atoms with Crippen LogP contribution < -0.4 is 10.1 Å². The molecule has 0 saturated heterocycles. The fourth-order valence-corrected chi connectivity index (χ4v) is 2.99. The minimum Gasteiger partial charge on any atom is -0.496 e. The van der Waals surface area contributed by atoms with Crippen LogP contribution in [0.25, 0.3) is 0 Å². The molecule has 3 rings (SSSR count). The van der Waals surface area contributed by atoms with Gasteiger partial charge in [-0.25, -0.2) is 9.78 Å². The van der Waals surface area contributed by atoms with Gasteiger partial charge in [0.05, 0.1) is 13.7 Å². The molecule has 0 spiro atoms. The van der Waals surface area contributed by atoms with Crippen LogP contribution in [0, 0.1) is 0 Å². The predicted octanol–water partition coefficient (Wildman–Crippen LogP) is 1.68. The Hall–Kier alpha value is -2.54. The number of aromatic nitrogens is 2. The summed E-state index contributed by atoms with van der Waals surface area (Å²) in [6.45, 7) is 0.279. The Morgan fingerprint density at radius 3 is 2.84 bits per heavy atom. The van der Waals surface area contributed by atoms with Gasteiger partial charge in [0.15, 0.2) is 0 Å². The Bertz CT molecular complexity index is 727. The van der Waals surface area contributed by atoms with E-state index in [2.05, 4.69) is 10.3 Å². The second kappa shape index (κ2) is 7.57. The van der Waals surface area contributed by atoms with E-state index in [9.17, 15) is 9.90 Å². The summed E-state index contributed by atoms with van der Waals surface area (Å²) in [5.74, 6) is 1.41. The van der Waals surface area contributed by atoms with Gasteiger partial charge in [-0.1, -0.05) is 18.2 Å². The highest BCUT2D eigenvalue weighted by molar-refractivity contribution is 5.76. The van der Waals surface area contributed by atoms with E-state index >= 15 is 0 Å². The van der Waals surface area contributed by atoms with Gasteiger partial charge < -0.3 is 24.6 Å². The molecule has 7 heteroatoms. The number of nitrogens with zero attached hydrogens (tertiary/aromatic N) is 3. The molecular weight excluding hydrogens is 320 g/mol. The van der Waals surface area contributed by atoms with Crippen molar-refractivity contribution < 1.29 is 14.6 Å². The summed E-state index contributed by atoms with van der Waals surface area (Å²) in [5.41, 5.74) is 0.840. The van der Waals surface area contributed by atoms with Gasteiger partial charge in [-0.3, -0.25) is 0 Å². The monoisotopic (exact) mass is 344 g/mol. The molecule has 1 heterocycles. The van der Waals surface area contributed by atoms with Crippen molar-refractivity contribution >= 4 is 6.03 Å². The van der Waals surface area contributed by atoms with Crippen molar-refractivity contribution in [2.75, 3.05) is 20.3 Å². The molecule has 2 amide bonds. The standard InChI is InChI=1S/C18H24N4O3/c1-21-10-9-19-17(21)16(14-5-3-4-6-15(14)25-2)20-18(24)22(11-12-23)13-7-8-13/h3-6,9-10,13,16,23H,7-8,11-12H2,1-2H3,(H,20,24). The summed E-state index contributed by atoms with van der Waals surface area (Å²) >= 11 is 0. The molecule has 2 aromatic rings. The van der Waals surface area contributed by atoms with E-state index < -0.39 is 6.04 Å². The lowest BCUT2D eigenvalue weighted by Gasteiger charge is -2.27. The number of carbonyl (C=O) groups excluding carboxylic acids is 1. The molecule has 1 aromatic heterocycles. The lowest BCUT2D eigenvalue weighted by molar-refractivity contribution is 0.171. The topological polar surface area (TPSA) is 79.6 Å². The van der Waals surface area contributed by atoms with Gasteiger partial charge in [0.1, 0.15) is 17.6 Å². The number of hydrogen-bond donors (Lipinski definition) is 2. The second-order valence-electron chi connectivity index (χ2n) is 6.17. The van der Waals surface area contributed by atoms with Crippen LogP contribution in [0.3, 0.4) is 0 Å². The number of hydrogen-bond acceptors (Lipinski definition) is 4. The number of aliphatic hydroxyl groups excluding tert-OH is 1. The molecule has 1 aromatic carbocycles. The zero-order valence-corrected chi connectivity index (χ0v) is 14.6. The van der Waals surface area contributed by atoms with Crippen LogP contribution >= 0.6 is 0 Å². The first kappa shape index (κ1) is 17.3. The molecule has 1 fully saturated rings. The minimum atomic E-state index is -0.441. The Labute approximate surface area is 147 Å². The summed E-state index contributed by atoms with van der Waals surface area (Å²) < 4.78 is 7.35. The van der Waals surface area contributed by atoms with Crippen molar-refractivity contribution in [1.82, 2.24) is 19.8 Å². The normalized spacial score (nSPS) is 14.8. The molecule has 1 unspecified atom stereocenters. The zero-order chi connectivity index (χ0) is 17.8. The molecular formula is C18H24N4O3. The Kier molecular flexibility index (Phi) is 5.23. The van der Waals surface area contributed by atoms with E-state index in [-0.39, 0.29) is 18.7 Å². The first-order chi connectivity index (χ1) is 12.2. The van der Waals surface area contributed by atoms with E-state index in [1.165, 1.54) is 0 Å². The van der Waals surface area contributed by atoms with Crippen LogP contribution in [0.1, 0.15) is 30.3 Å². The molecule has 1 atom stereocenters. The second-order valence-corrected chi connectivity index (χ2v) is 6.17. The minimum absolute atomic E-state index is 0.0500. The fourth-order valence-electron chi connectivity index (χ4n) is 2.99. The maximum Gasteiger partial charge on any atom is 0.318 e. The fraction of sp³-hybridized carbons (Fsp3) is 0.444. The van der Waals surface area contributed by atoms with E-state index in [0.29, 0.717) is 12.3 Å². The molecule has 0 aliphatic heterocycles. The Morgan fingerprint density at radius 1 is 1.48 bits per heavy atom. The highest BCUT2D eigenvalue weighted by Crippen LogP contribution is 2.31. The largest absolute Gasteiger partial charge is 0.496 e. The number of rotatable bonds is 7. The molecule has 25 heavy (non-hydrogen) atoms. The lowest BCUT2D eigenvalue weighted by atomic mass is 10.0. The van der Waals surface area contributed by atoms with Gasteiger partial charge in [0.2, 0.25) is 0 Å². The smallest absolute Gasteiger partial charge is 0.318 e. The highest BCUT2D eigenvalue weighted by Gasteiger charge is 2.34. The van der Waals surface area contributed by atoms with Crippen molar-refractivity contribution in [3.63, 3.8) is 0 Å². The molecule has 1 aliphatic rings. The summed E-state index contributed by atoms with van der Waals surface area (Å²) in [7, 11) is 3.50. The van der Waals surface area contributed by atoms with Crippen molar-refractivity contribution in [1.29, 1.82) is 0 Å². The van der Waals surface area contributed by atoms with E-state index in [0.717, 1.165) is 24.2 Å². The van der Waals surface area contributed by atoms with Crippen molar-refractivity contribution in [2.45, 2.75) is 24.9 Å². The zero-order valence-electron chi connectivity index (χ0n) is 14.6. The number of nitrogens with one attached hydrogen (secondary N) is 1. The third kappa shape index (κ3) is 3.76. The molecule has 134 valence electrons. The summed E-state index contributed by atoms with van der Waals surface area (Å²) in [6, 6.07) is 7.16. The predicted molar refractivity (Wildman–Crippen MR) is 93.4 cm³/mol. The number of aryl methyl sites for hydroxylation is 1. The van der Waals surface area contributed by atoms with Crippen molar-refractivity contribution in [3.05, 3.63) is 48.0 Å². The van der Waals surface area contributed by atoms with E-state index in [4.69, 9.17) is 4.74 Å². The van der Waals surface area contributed by atoms with E-state index in [1.807, 2.05) is 42.1 Å². The molecule has 2 N–H and O–H groups in total. The highest BCUT2D eigenvalue weighted by atomic mass is 16.5. The third-order valence-electron chi connectivity index (χ3n) is 4.42. The van der Waals surface area contributed by atoms with Gasteiger partial charge >= 0.3 is 6.03 Å². The summed E-state index contributed by atoms with van der Waals surface area (Å²) in [5, 5.41) is 12.3. The number of para-hydroxylation sites is 1. The van der Waals surface area contributed by atoms with E-state index in [1.54, 1.807) is 18.2 Å². The van der Waals surface area contributed by atoms with Gasteiger partial charge in [0.25, 0.3) is 0 Å². The van der Waals surface area contributed by atoms with Crippen molar-refractivity contribution in [2.24, 2.45) is 7.05 Å². The van der Waals surface area contributed by atoms with Gasteiger partial charge in [0, 0.05) is 37.6 Å². The average Bonchev–Trinajstić information content (AvgIpc) is 3.38. The van der Waals surface area contributed by atoms with Crippen LogP contribution in [0.15, 0.2) is 36.7 Å². The number of benzene rings is 1. The van der Waals surface area contributed by atoms with Gasteiger partial charge in [-0.2, -0.15) is 0 Å². The molecule has 1 saturated carbocycles. The lowest BCUT2D eigenvalue weighted by Crippen LogP contribution is -2.45. The number of imidazole rings is 1. The van der Waals surface area contributed by atoms with Crippen LogP contribution in [-0.4, -0.2) is 51.9 Å². The number of amides is 2. The van der Waals surface area contributed by atoms with Crippen molar-refractivity contribution in [3.8, 4) is 5.75 Å². The molecule has 0 bridgehead atoms. The van der Waals surface area contributed by atoms with Crippen LogP contribution in [0.2, 0.25) is 0 Å². The number of carbonyl (C=O) groups is 1. The summed E-state index contributed by atoms with van der Waals surface area (Å²) in [6.07, 6.45) is 5.51. The maximum atomic E-state index is 12.8. The molecule has 7 nitrogen and oxygen atoms in total. The number of methoxy groups -OCH3 is 1. The first-order valence-corrected chi connectivity index (χ1v) is 8.43. The quantitative estimate of drug-likeness (QED) is 0.801. The third-order valence-corrected chi connectivity index (χ3v) is 4.42. The average molecular weight is 344 g/mol. The number of aliphatic hydroxyl groups is 1. The Morgan fingerprint density at radius 2 is 2.24 bits per heavy atom. The Balaban J connectivity index is 1.92. The molecule has 0 radical (unpaired) electrons. The van der Waals surface area contributed by atoms with Crippen LogP contribution in [0.4, 0.5) is 4.79 Å². The first-order valence-electron chi connectivity index (χ1n) is 8.43. The van der Waals surface area contributed by atoms with Crippen LogP contribution in [0.5, 0.6) is 5.75 Å². The van der Waals surface area contributed by atoms with Gasteiger partial charge in [-0.15, -0.1) is 0 Å². The van der Waals surface area contributed by atoms with Crippen LogP contribution in [-0.2, 0) is 7.05 Å².